The molecule has 62 valence electrons. The van der Waals surface area contributed by atoms with E-state index >= 15 is 0 Å². The Morgan fingerprint density at radius 3 is 3.08 bits per heavy atom. The van der Waals surface area contributed by atoms with Crippen molar-refractivity contribution < 1.29 is 4.58 Å². The van der Waals surface area contributed by atoms with Crippen LogP contribution in [0.2, 0.25) is 0 Å². The van der Waals surface area contributed by atoms with Gasteiger partial charge in [-0.2, -0.15) is 0 Å². The first kappa shape index (κ1) is 8.89. The van der Waals surface area contributed by atoms with Crippen molar-refractivity contribution in [3.8, 4) is 6.07 Å². The zero-order valence-corrected chi connectivity index (χ0v) is 7.84. The van der Waals surface area contributed by atoms with Gasteiger partial charge in [0, 0.05) is 17.2 Å². The van der Waals surface area contributed by atoms with Crippen molar-refractivity contribution in [2.45, 2.75) is 6.92 Å². The van der Waals surface area contributed by atoms with Crippen LogP contribution in [0.15, 0.2) is 22.9 Å². The van der Waals surface area contributed by atoms with E-state index in [0.717, 1.165) is 5.57 Å². The molecular formula is C9H10ClN2+. The van der Waals surface area contributed by atoms with E-state index in [1.54, 1.807) is 6.92 Å². The topological polar surface area (TPSA) is 7.37 Å². The minimum Gasteiger partial charge on any atom is -0.313 e. The van der Waals surface area contributed by atoms with E-state index in [9.17, 15) is 0 Å². The Morgan fingerprint density at radius 1 is 1.75 bits per heavy atom. The highest BCUT2D eigenvalue weighted by atomic mass is 35.5. The van der Waals surface area contributed by atoms with Crippen molar-refractivity contribution in [1.82, 2.24) is 0 Å². The number of hydrogen-bond donors (Lipinski definition) is 0. The molecule has 1 aliphatic rings. The smallest absolute Gasteiger partial charge is 0.313 e. The van der Waals surface area contributed by atoms with Crippen LogP contribution < -0.4 is 0 Å². The lowest BCUT2D eigenvalue weighted by Crippen LogP contribution is -2.07. The second-order valence-corrected chi connectivity index (χ2v) is 2.74. The SMILES string of the molecule is CC#[N+]/C(Cl)=C1/C=C[CH-][N+](C)=C1. The van der Waals surface area contributed by atoms with Gasteiger partial charge in [-0.3, -0.25) is 0 Å². The lowest BCUT2D eigenvalue weighted by Gasteiger charge is -2.05. The molecule has 0 radical (unpaired) electrons. The number of nitrogens with zero attached hydrogens (tertiary/aromatic N) is 2. The monoisotopic (exact) mass is 181 g/mol. The summed E-state index contributed by atoms with van der Waals surface area (Å²) in [7, 11) is 1.94. The summed E-state index contributed by atoms with van der Waals surface area (Å²) in [6.07, 6.45) is 5.73. The fourth-order valence-corrected chi connectivity index (χ4v) is 1.07. The first-order valence-electron chi connectivity index (χ1n) is 3.59. The number of rotatable bonds is 0. The van der Waals surface area contributed by atoms with Crippen LogP contribution in [0.3, 0.4) is 0 Å². The van der Waals surface area contributed by atoms with Gasteiger partial charge in [0.1, 0.15) is 7.05 Å². The second kappa shape index (κ2) is 3.99. The van der Waals surface area contributed by atoms with Crippen LogP contribution >= 0.6 is 11.6 Å². The Hall–Kier alpha value is -1.20. The molecule has 2 nitrogen and oxygen atoms in total. The van der Waals surface area contributed by atoms with Crippen LogP contribution in [0.5, 0.6) is 0 Å². The fourth-order valence-electron chi connectivity index (χ4n) is 0.873. The molecule has 0 saturated heterocycles. The number of hydrogen-bond acceptors (Lipinski definition) is 0. The van der Waals surface area contributed by atoms with E-state index in [-0.39, 0.29) is 0 Å². The molecular weight excluding hydrogens is 172 g/mol. The first-order chi connectivity index (χ1) is 5.74. The van der Waals surface area contributed by atoms with Gasteiger partial charge in [-0.15, -0.1) is 12.2 Å². The van der Waals surface area contributed by atoms with Gasteiger partial charge >= 0.3 is 5.16 Å². The van der Waals surface area contributed by atoms with Gasteiger partial charge in [-0.25, -0.2) is 0 Å². The lowest BCUT2D eigenvalue weighted by atomic mass is 10.2. The van der Waals surface area contributed by atoms with Gasteiger partial charge in [-0.1, -0.05) is 0 Å². The van der Waals surface area contributed by atoms with Gasteiger partial charge in [0.25, 0.3) is 6.07 Å². The molecule has 0 amide bonds. The molecule has 0 saturated carbocycles. The molecule has 1 aliphatic heterocycles. The predicted octanol–water partition coefficient (Wildman–Crippen LogP) is 2.23. The van der Waals surface area contributed by atoms with Crippen molar-refractivity contribution >= 4 is 17.8 Å². The minimum absolute atomic E-state index is 0.466. The van der Waals surface area contributed by atoms with Crippen molar-refractivity contribution in [1.29, 1.82) is 0 Å². The third-order valence-corrected chi connectivity index (χ3v) is 1.69. The third kappa shape index (κ3) is 2.14. The maximum absolute atomic E-state index is 5.85. The van der Waals surface area contributed by atoms with E-state index in [4.69, 9.17) is 11.6 Å². The standard InChI is InChI=1S/C9H10ClN2/c1-3-11-9(10)8-5-4-6-12(2)7-8/h4-7H,1-2H3/q+1/b9-8-. The van der Waals surface area contributed by atoms with Crippen LogP contribution in [0.1, 0.15) is 6.92 Å². The molecule has 12 heavy (non-hydrogen) atoms. The Labute approximate surface area is 77.3 Å². The summed E-state index contributed by atoms with van der Waals surface area (Å²) in [6.45, 7) is 3.65. The van der Waals surface area contributed by atoms with Crippen LogP contribution in [-0.4, -0.2) is 17.8 Å². The summed E-state index contributed by atoms with van der Waals surface area (Å²) in [5.74, 6) is 0. The molecule has 3 heteroatoms. The average molecular weight is 182 g/mol. The van der Waals surface area contributed by atoms with Gasteiger partial charge in [0.15, 0.2) is 0 Å². The van der Waals surface area contributed by atoms with Crippen LogP contribution in [-0.2, 0) is 0 Å². The zero-order chi connectivity index (χ0) is 8.97. The maximum Gasteiger partial charge on any atom is 0.397 e. The molecule has 0 aromatic heterocycles. The predicted molar refractivity (Wildman–Crippen MR) is 51.5 cm³/mol. The molecule has 0 aromatic rings. The molecule has 0 atom stereocenters. The molecule has 0 bridgehead atoms. The number of likely N-dealkylation sites (N-methyl/N-ethyl adjacent to an activating group) is 1. The van der Waals surface area contributed by atoms with Gasteiger partial charge in [-0.05, 0) is 4.85 Å². The molecule has 0 spiro atoms. The molecule has 1 rings (SSSR count). The molecule has 0 aliphatic carbocycles. The Bertz CT molecular complexity index is 326. The van der Waals surface area contributed by atoms with E-state index in [0.29, 0.717) is 5.16 Å². The number of halogens is 1. The fraction of sp³-hybridized carbons (Fsp3) is 0.222. The zero-order valence-electron chi connectivity index (χ0n) is 7.08. The lowest BCUT2D eigenvalue weighted by molar-refractivity contribution is -0.442. The highest BCUT2D eigenvalue weighted by molar-refractivity contribution is 6.32. The van der Waals surface area contributed by atoms with Crippen LogP contribution in [0, 0.1) is 12.6 Å². The minimum atomic E-state index is 0.466. The molecule has 0 unspecified atom stereocenters. The summed E-state index contributed by atoms with van der Waals surface area (Å²) >= 11 is 5.85. The van der Waals surface area contributed by atoms with Gasteiger partial charge in [0.05, 0.1) is 19.7 Å². The first-order valence-corrected chi connectivity index (χ1v) is 3.97. The highest BCUT2D eigenvalue weighted by Crippen LogP contribution is 2.13. The van der Waals surface area contributed by atoms with E-state index in [1.807, 2.05) is 36.5 Å². The molecule has 1 heterocycles. The largest absolute Gasteiger partial charge is 0.397 e. The van der Waals surface area contributed by atoms with Crippen molar-refractivity contribution in [3.63, 3.8) is 0 Å². The Balaban J connectivity index is 2.99. The third-order valence-electron chi connectivity index (χ3n) is 1.39. The van der Waals surface area contributed by atoms with Crippen molar-refractivity contribution in [2.75, 3.05) is 7.05 Å². The molecule has 0 N–H and O–H groups in total. The summed E-state index contributed by atoms with van der Waals surface area (Å²) in [5.41, 5.74) is 0.899. The highest BCUT2D eigenvalue weighted by Gasteiger charge is 2.07. The second-order valence-electron chi connectivity index (χ2n) is 2.38. The van der Waals surface area contributed by atoms with E-state index in [2.05, 4.69) is 10.9 Å². The average Bonchev–Trinajstić information content (AvgIpc) is 2.05. The van der Waals surface area contributed by atoms with Gasteiger partial charge < -0.3 is 4.58 Å². The van der Waals surface area contributed by atoms with Gasteiger partial charge in [0.2, 0.25) is 0 Å². The van der Waals surface area contributed by atoms with Crippen molar-refractivity contribution in [3.05, 3.63) is 34.3 Å². The normalized spacial score (nSPS) is 18.8. The summed E-state index contributed by atoms with van der Waals surface area (Å²) in [5, 5.41) is 0.466. The van der Waals surface area contributed by atoms with Crippen LogP contribution in [0.25, 0.3) is 4.85 Å². The molecule has 0 fully saturated rings. The Kier molecular flexibility index (Phi) is 2.95. The van der Waals surface area contributed by atoms with E-state index in [1.165, 1.54) is 0 Å². The molecule has 0 aromatic carbocycles. The summed E-state index contributed by atoms with van der Waals surface area (Å²) < 4.78 is 1.92. The number of allylic oxidation sites excluding steroid dienone is 2. The van der Waals surface area contributed by atoms with E-state index < -0.39 is 0 Å². The maximum atomic E-state index is 5.85. The quantitative estimate of drug-likeness (QED) is 0.308. The van der Waals surface area contributed by atoms with Crippen molar-refractivity contribution in [2.24, 2.45) is 0 Å². The van der Waals surface area contributed by atoms with Crippen LogP contribution in [0.4, 0.5) is 0 Å². The summed E-state index contributed by atoms with van der Waals surface area (Å²) in [6, 6.07) is 2.63. The summed E-state index contributed by atoms with van der Waals surface area (Å²) in [4.78, 5) is 3.85. The Morgan fingerprint density at radius 2 is 2.50 bits per heavy atom.